The van der Waals surface area contributed by atoms with Crippen molar-refractivity contribution < 1.29 is 37.4 Å². The van der Waals surface area contributed by atoms with Crippen molar-refractivity contribution in [3.63, 3.8) is 0 Å². The van der Waals surface area contributed by atoms with Crippen LogP contribution in [0.3, 0.4) is 0 Å². The molecule has 3 amide bonds. The van der Waals surface area contributed by atoms with Gasteiger partial charge in [0.15, 0.2) is 0 Å². The van der Waals surface area contributed by atoms with Gasteiger partial charge in [0.25, 0.3) is 11.8 Å². The third-order valence-electron chi connectivity index (χ3n) is 6.78. The molecule has 0 aliphatic carbocycles. The molecule has 0 spiro atoms. The molecule has 1 N–H and O–H groups in total. The number of ether oxygens (including phenoxy) is 2. The van der Waals surface area contributed by atoms with Crippen LogP contribution in [0.4, 0.5) is 8.78 Å². The lowest BCUT2D eigenvalue weighted by Crippen LogP contribution is -2.63. The van der Waals surface area contributed by atoms with Crippen LogP contribution in [-0.4, -0.2) is 79.4 Å². The molecule has 214 valence electrons. The van der Waals surface area contributed by atoms with Crippen molar-refractivity contribution in [1.29, 1.82) is 0 Å². The van der Waals surface area contributed by atoms with Crippen LogP contribution in [-0.2, 0) is 20.7 Å². The summed E-state index contributed by atoms with van der Waals surface area (Å²) >= 11 is 0. The molecule has 11 heteroatoms. The second-order valence-electron chi connectivity index (χ2n) is 9.42. The number of hydrogen-bond donors (Lipinski definition) is 1. The lowest BCUT2D eigenvalue weighted by molar-refractivity contribution is -0.145. The molecule has 3 aromatic carbocycles. The second-order valence-corrected chi connectivity index (χ2v) is 9.42. The maximum Gasteiger partial charge on any atom is 0.328 e. The van der Waals surface area contributed by atoms with Gasteiger partial charge in [-0.3, -0.25) is 14.4 Å². The molecule has 1 aliphatic rings. The average molecular weight is 566 g/mol. The van der Waals surface area contributed by atoms with Crippen LogP contribution in [0.5, 0.6) is 5.75 Å². The third-order valence-corrected chi connectivity index (χ3v) is 6.78. The highest BCUT2D eigenvalue weighted by Crippen LogP contribution is 2.19. The molecule has 1 fully saturated rings. The van der Waals surface area contributed by atoms with Crippen LogP contribution in [0.2, 0.25) is 0 Å². The van der Waals surface area contributed by atoms with E-state index in [1.807, 2.05) is 0 Å². The molecule has 2 atom stereocenters. The molecule has 3 aromatic rings. The number of amides is 3. The number of nitrogens with one attached hydrogen (secondary N) is 1. The van der Waals surface area contributed by atoms with E-state index in [1.54, 1.807) is 24.3 Å². The molecule has 1 aliphatic heterocycles. The van der Waals surface area contributed by atoms with Crippen LogP contribution in [0.25, 0.3) is 0 Å². The molecule has 4 rings (SSSR count). The molecule has 2 unspecified atom stereocenters. The maximum absolute atomic E-state index is 13.9. The standard InChI is InChI=1S/C30H29F2N3O6/c1-40-24-11-9-19(10-12-24)15-25(30(39)41-2)33-27(36)26-18-34(28(37)20-5-3-7-22(31)16-20)13-14-35(26)29(38)21-6-4-8-23(32)17-21/h3-12,16-17,25-26H,13-15,18H2,1-2H3,(H,33,36). The second kappa shape index (κ2) is 13.0. The zero-order chi connectivity index (χ0) is 29.5. The number of carbonyl (C=O) groups is 4. The molecule has 41 heavy (non-hydrogen) atoms. The van der Waals surface area contributed by atoms with Crippen LogP contribution in [0, 0.1) is 11.6 Å². The third kappa shape index (κ3) is 7.05. The molecule has 0 aromatic heterocycles. The number of hydrogen-bond acceptors (Lipinski definition) is 6. The molecule has 0 saturated carbocycles. The normalized spacial score (nSPS) is 15.6. The minimum absolute atomic E-state index is 0.0236. The molecule has 1 saturated heterocycles. The monoisotopic (exact) mass is 565 g/mol. The highest BCUT2D eigenvalue weighted by molar-refractivity contribution is 6.00. The summed E-state index contributed by atoms with van der Waals surface area (Å²) in [6.45, 7) is -0.249. The Hall–Kier alpha value is -4.80. The Labute approximate surface area is 235 Å². The molecule has 0 bridgehead atoms. The number of methoxy groups -OCH3 is 2. The number of halogens is 2. The van der Waals surface area contributed by atoms with E-state index < -0.39 is 47.4 Å². The van der Waals surface area contributed by atoms with Crippen molar-refractivity contribution in [3.8, 4) is 5.75 Å². The highest BCUT2D eigenvalue weighted by Gasteiger charge is 2.39. The average Bonchev–Trinajstić information content (AvgIpc) is 2.99. The Morgan fingerprint density at radius 2 is 1.49 bits per heavy atom. The smallest absolute Gasteiger partial charge is 0.328 e. The quantitative estimate of drug-likeness (QED) is 0.422. The Kier molecular flexibility index (Phi) is 9.28. The minimum atomic E-state index is -1.24. The fraction of sp³-hybridized carbons (Fsp3) is 0.267. The van der Waals surface area contributed by atoms with Gasteiger partial charge < -0.3 is 24.6 Å². The number of piperazine rings is 1. The number of benzene rings is 3. The van der Waals surface area contributed by atoms with E-state index in [9.17, 15) is 28.0 Å². The maximum atomic E-state index is 13.9. The van der Waals surface area contributed by atoms with Crippen LogP contribution >= 0.6 is 0 Å². The van der Waals surface area contributed by atoms with Gasteiger partial charge in [0, 0.05) is 30.6 Å². The van der Waals surface area contributed by atoms with Gasteiger partial charge in [-0.05, 0) is 54.1 Å². The largest absolute Gasteiger partial charge is 0.497 e. The summed E-state index contributed by atoms with van der Waals surface area (Å²) in [5, 5.41) is 2.66. The lowest BCUT2D eigenvalue weighted by atomic mass is 10.0. The first kappa shape index (κ1) is 29.2. The number of esters is 1. The van der Waals surface area contributed by atoms with Crippen LogP contribution in [0.15, 0.2) is 72.8 Å². The highest BCUT2D eigenvalue weighted by atomic mass is 19.1. The Morgan fingerprint density at radius 1 is 0.878 bits per heavy atom. The predicted molar refractivity (Wildman–Crippen MR) is 144 cm³/mol. The predicted octanol–water partition coefficient (Wildman–Crippen LogP) is 2.84. The molecule has 1 heterocycles. The first-order chi connectivity index (χ1) is 19.7. The molecule has 9 nitrogen and oxygen atoms in total. The van der Waals surface area contributed by atoms with E-state index in [-0.39, 0.29) is 37.2 Å². The minimum Gasteiger partial charge on any atom is -0.497 e. The van der Waals surface area contributed by atoms with Crippen LogP contribution in [0.1, 0.15) is 26.3 Å². The van der Waals surface area contributed by atoms with Gasteiger partial charge in [-0.1, -0.05) is 24.3 Å². The van der Waals surface area contributed by atoms with Gasteiger partial charge in [0.05, 0.1) is 20.8 Å². The van der Waals surface area contributed by atoms with Gasteiger partial charge in [-0.25, -0.2) is 13.6 Å². The first-order valence-electron chi connectivity index (χ1n) is 12.8. The van der Waals surface area contributed by atoms with Gasteiger partial charge >= 0.3 is 5.97 Å². The van der Waals surface area contributed by atoms with E-state index in [0.29, 0.717) is 11.3 Å². The van der Waals surface area contributed by atoms with Crippen molar-refractivity contribution in [2.45, 2.75) is 18.5 Å². The summed E-state index contributed by atoms with van der Waals surface area (Å²) in [5.74, 6) is -3.16. The van der Waals surface area contributed by atoms with Gasteiger partial charge in [0.2, 0.25) is 5.91 Å². The van der Waals surface area contributed by atoms with Crippen molar-refractivity contribution in [2.75, 3.05) is 33.9 Å². The Bertz CT molecular complexity index is 1430. The van der Waals surface area contributed by atoms with E-state index in [2.05, 4.69) is 5.32 Å². The van der Waals surface area contributed by atoms with Crippen molar-refractivity contribution in [3.05, 3.63) is 101 Å². The zero-order valence-electron chi connectivity index (χ0n) is 22.5. The fourth-order valence-corrected chi connectivity index (χ4v) is 4.63. The SMILES string of the molecule is COC(=O)C(Cc1ccc(OC)cc1)NC(=O)C1CN(C(=O)c2cccc(F)c2)CCN1C(=O)c1cccc(F)c1. The van der Waals surface area contributed by atoms with Crippen LogP contribution < -0.4 is 10.1 Å². The number of rotatable bonds is 8. The van der Waals surface area contributed by atoms with E-state index >= 15 is 0 Å². The fourth-order valence-electron chi connectivity index (χ4n) is 4.63. The van der Waals surface area contributed by atoms with E-state index in [4.69, 9.17) is 9.47 Å². The molecular formula is C30H29F2N3O6. The summed E-state index contributed by atoms with van der Waals surface area (Å²) in [6, 6.07) is 14.7. The number of carbonyl (C=O) groups excluding carboxylic acids is 4. The Morgan fingerprint density at radius 3 is 2.05 bits per heavy atom. The summed E-state index contributed by atoms with van der Waals surface area (Å²) in [4.78, 5) is 55.5. The lowest BCUT2D eigenvalue weighted by Gasteiger charge is -2.41. The van der Waals surface area contributed by atoms with Gasteiger partial charge in [-0.15, -0.1) is 0 Å². The van der Waals surface area contributed by atoms with E-state index in [1.165, 1.54) is 60.4 Å². The van der Waals surface area contributed by atoms with Crippen molar-refractivity contribution in [2.24, 2.45) is 0 Å². The van der Waals surface area contributed by atoms with Gasteiger partial charge in [-0.2, -0.15) is 0 Å². The summed E-state index contributed by atoms with van der Waals surface area (Å²) in [5.41, 5.74) is 0.817. The van der Waals surface area contributed by atoms with Gasteiger partial charge in [0.1, 0.15) is 29.5 Å². The van der Waals surface area contributed by atoms with Crippen molar-refractivity contribution in [1.82, 2.24) is 15.1 Å². The Balaban J connectivity index is 1.60. The summed E-state index contributed by atoms with van der Waals surface area (Å²) < 4.78 is 37.8. The summed E-state index contributed by atoms with van der Waals surface area (Å²) in [6.07, 6.45) is 0.0822. The van der Waals surface area contributed by atoms with Crippen molar-refractivity contribution >= 4 is 23.7 Å². The molecular weight excluding hydrogens is 536 g/mol. The zero-order valence-corrected chi connectivity index (χ0v) is 22.5. The molecule has 0 radical (unpaired) electrons. The topological polar surface area (TPSA) is 105 Å². The number of nitrogens with zero attached hydrogens (tertiary/aromatic N) is 2. The first-order valence-corrected chi connectivity index (χ1v) is 12.8. The summed E-state index contributed by atoms with van der Waals surface area (Å²) in [7, 11) is 2.71. The van der Waals surface area contributed by atoms with E-state index in [0.717, 1.165) is 12.1 Å².